The van der Waals surface area contributed by atoms with Crippen molar-refractivity contribution in [3.8, 4) is 0 Å². The number of imidazole rings is 1. The molecule has 2 aromatic heterocycles. The van der Waals surface area contributed by atoms with Crippen molar-refractivity contribution in [2.45, 2.75) is 31.0 Å². The summed E-state index contributed by atoms with van der Waals surface area (Å²) in [7, 11) is 0. The molecule has 11 nitrogen and oxygen atoms in total. The van der Waals surface area contributed by atoms with E-state index in [9.17, 15) is 19.8 Å². The van der Waals surface area contributed by atoms with Crippen molar-refractivity contribution < 1.29 is 20.1 Å². The Morgan fingerprint density at radius 2 is 2.11 bits per heavy atom. The number of nitrogens with one attached hydrogen (secondary N) is 2. The number of aliphatic hydroxyl groups is 3. The number of hydrogen-bond donors (Lipinski definition) is 6. The van der Waals surface area contributed by atoms with Crippen molar-refractivity contribution in [1.29, 1.82) is 0 Å². The summed E-state index contributed by atoms with van der Waals surface area (Å²) >= 11 is 3.01. The average Bonchev–Trinajstić information content (AvgIpc) is 3.28. The minimum absolute atomic E-state index is 0.166. The molecular formula is C16H22BrN5O6. The molecule has 0 radical (unpaired) electrons. The largest absolute Gasteiger partial charge is 0.394 e. The Morgan fingerprint density at radius 1 is 1.36 bits per heavy atom. The highest BCUT2D eigenvalue weighted by molar-refractivity contribution is 9.11. The maximum Gasteiger partial charge on any atom is 0.330 e. The highest BCUT2D eigenvalue weighted by atomic mass is 79.9. The number of ether oxygens (including phenoxy) is 1. The van der Waals surface area contributed by atoms with Gasteiger partial charge in [0.15, 0.2) is 6.23 Å². The summed E-state index contributed by atoms with van der Waals surface area (Å²) in [5.74, 6) is 0. The Balaban J connectivity index is 0.000000292. The molecule has 2 aromatic rings. The maximum atomic E-state index is 11.8. The normalized spacial score (nSPS) is 24.3. The topological polar surface area (TPSA) is 179 Å². The third kappa shape index (κ3) is 5.25. The van der Waals surface area contributed by atoms with Gasteiger partial charge < -0.3 is 30.8 Å². The molecule has 3 heterocycles. The number of hydrogen-bond acceptors (Lipinski definition) is 8. The first kappa shape index (κ1) is 22.2. The van der Waals surface area contributed by atoms with E-state index in [1.165, 1.54) is 17.3 Å². The molecule has 1 saturated heterocycles. The van der Waals surface area contributed by atoms with Crippen LogP contribution in [0.4, 0.5) is 0 Å². The van der Waals surface area contributed by atoms with Gasteiger partial charge in [-0.2, -0.15) is 0 Å². The van der Waals surface area contributed by atoms with E-state index < -0.39 is 42.4 Å². The fourth-order valence-corrected chi connectivity index (χ4v) is 2.85. The van der Waals surface area contributed by atoms with Gasteiger partial charge >= 0.3 is 5.69 Å². The minimum Gasteiger partial charge on any atom is -0.394 e. The van der Waals surface area contributed by atoms with E-state index in [2.05, 4.69) is 30.9 Å². The summed E-state index contributed by atoms with van der Waals surface area (Å²) in [4.78, 5) is 33.6. The summed E-state index contributed by atoms with van der Waals surface area (Å²) < 4.78 is 6.20. The van der Waals surface area contributed by atoms with Crippen molar-refractivity contribution >= 4 is 22.0 Å². The van der Waals surface area contributed by atoms with Crippen LogP contribution >= 0.6 is 15.9 Å². The van der Waals surface area contributed by atoms with E-state index in [1.807, 2.05) is 6.20 Å². The standard InChI is InChI=1S/C11H13BrN2O6.C5H9N3/c12-2-1-5-3-14(11(19)13-9(5)18)10-8(17)7(16)6(4-15)20-10;6-2-1-5-3-7-4-8-5/h1-3,6-8,10,15-17H,4H2,(H,13,18,19);3-4H,1-2,6H2,(H,7,8)/b2-1+;/t6-,7-,8+,10-;/m1./s1. The van der Waals surface area contributed by atoms with Crippen LogP contribution in [-0.4, -0.2) is 66.3 Å². The first-order chi connectivity index (χ1) is 13.4. The summed E-state index contributed by atoms with van der Waals surface area (Å²) in [6.07, 6.45) is 2.10. The van der Waals surface area contributed by atoms with Crippen molar-refractivity contribution in [2.24, 2.45) is 5.73 Å². The first-order valence-electron chi connectivity index (χ1n) is 8.35. The zero-order valence-corrected chi connectivity index (χ0v) is 16.3. The van der Waals surface area contributed by atoms with Gasteiger partial charge in [0.1, 0.15) is 18.3 Å². The molecule has 154 valence electrons. The van der Waals surface area contributed by atoms with E-state index in [0.717, 1.165) is 16.7 Å². The Kier molecular flexibility index (Phi) is 8.29. The number of H-pyrrole nitrogens is 2. The zero-order valence-electron chi connectivity index (χ0n) is 14.7. The van der Waals surface area contributed by atoms with Crippen molar-refractivity contribution in [1.82, 2.24) is 19.5 Å². The Labute approximate surface area is 167 Å². The second kappa shape index (κ2) is 10.5. The molecule has 0 unspecified atom stereocenters. The van der Waals surface area contributed by atoms with Gasteiger partial charge in [0, 0.05) is 18.8 Å². The molecule has 1 aliphatic heterocycles. The van der Waals surface area contributed by atoms with E-state index >= 15 is 0 Å². The Hall–Kier alpha value is -2.09. The lowest BCUT2D eigenvalue weighted by Crippen LogP contribution is -2.38. The van der Waals surface area contributed by atoms with Crippen LogP contribution in [0.25, 0.3) is 6.08 Å². The highest BCUT2D eigenvalue weighted by Gasteiger charge is 2.43. The van der Waals surface area contributed by atoms with Gasteiger partial charge in [-0.25, -0.2) is 9.78 Å². The molecule has 12 heteroatoms. The molecule has 0 bridgehead atoms. The Bertz CT molecular complexity index is 880. The second-order valence-corrected chi connectivity index (χ2v) is 6.40. The van der Waals surface area contributed by atoms with E-state index in [4.69, 9.17) is 15.6 Å². The Morgan fingerprint density at radius 3 is 2.64 bits per heavy atom. The lowest BCUT2D eigenvalue weighted by Gasteiger charge is -2.17. The summed E-state index contributed by atoms with van der Waals surface area (Å²) in [5, 5.41) is 28.5. The molecular weight excluding hydrogens is 438 g/mol. The van der Waals surface area contributed by atoms with Gasteiger partial charge in [-0.3, -0.25) is 14.3 Å². The van der Waals surface area contributed by atoms with Gasteiger partial charge in [0.05, 0.1) is 24.2 Å². The molecule has 0 aliphatic carbocycles. The predicted molar refractivity (Wildman–Crippen MR) is 104 cm³/mol. The molecule has 0 saturated carbocycles. The minimum atomic E-state index is -1.39. The van der Waals surface area contributed by atoms with Crippen molar-refractivity contribution in [3.05, 3.63) is 55.8 Å². The maximum absolute atomic E-state index is 11.8. The number of nitrogens with two attached hydrogens (primary N) is 1. The third-order valence-corrected chi connectivity index (χ3v) is 4.25. The van der Waals surface area contributed by atoms with Crippen LogP contribution in [0.3, 0.4) is 0 Å². The fraction of sp³-hybridized carbons (Fsp3) is 0.438. The van der Waals surface area contributed by atoms with Crippen LogP contribution in [0.15, 0.2) is 33.3 Å². The van der Waals surface area contributed by atoms with Gasteiger partial charge in [-0.15, -0.1) is 0 Å². The van der Waals surface area contributed by atoms with Crippen molar-refractivity contribution in [2.75, 3.05) is 13.2 Å². The molecule has 28 heavy (non-hydrogen) atoms. The van der Waals surface area contributed by atoms with Gasteiger partial charge in [0.2, 0.25) is 0 Å². The van der Waals surface area contributed by atoms with Gasteiger partial charge in [0.25, 0.3) is 5.56 Å². The zero-order chi connectivity index (χ0) is 20.7. The van der Waals surface area contributed by atoms with Crippen LogP contribution in [-0.2, 0) is 11.2 Å². The summed E-state index contributed by atoms with van der Waals surface area (Å²) in [5.41, 5.74) is 5.10. The first-order valence-corrected chi connectivity index (χ1v) is 9.26. The van der Waals surface area contributed by atoms with Crippen LogP contribution in [0.2, 0.25) is 0 Å². The number of aliphatic hydroxyl groups excluding tert-OH is 3. The molecule has 1 fully saturated rings. The number of halogens is 1. The number of aromatic amines is 2. The van der Waals surface area contributed by atoms with Crippen LogP contribution < -0.4 is 17.0 Å². The number of rotatable bonds is 5. The van der Waals surface area contributed by atoms with Crippen LogP contribution in [0, 0.1) is 0 Å². The predicted octanol–water partition coefficient (Wildman–Crippen LogP) is -1.58. The number of aromatic nitrogens is 4. The molecule has 0 aromatic carbocycles. The smallest absolute Gasteiger partial charge is 0.330 e. The third-order valence-electron chi connectivity index (χ3n) is 3.98. The summed E-state index contributed by atoms with van der Waals surface area (Å²) in [6, 6.07) is 0. The SMILES string of the molecule is NCCc1c[nH]cn1.O=c1[nH]c(=O)n([C@@H]2O[C@H](CO)[C@@H](O)[C@@H]2O)cc1/C=C/Br. The van der Waals surface area contributed by atoms with Crippen LogP contribution in [0.5, 0.6) is 0 Å². The van der Waals surface area contributed by atoms with E-state index in [0.29, 0.717) is 6.54 Å². The van der Waals surface area contributed by atoms with Crippen molar-refractivity contribution in [3.63, 3.8) is 0 Å². The molecule has 1 aliphatic rings. The van der Waals surface area contributed by atoms with E-state index in [1.54, 1.807) is 6.33 Å². The lowest BCUT2D eigenvalue weighted by molar-refractivity contribution is -0.0550. The molecule has 4 atom stereocenters. The second-order valence-electron chi connectivity index (χ2n) is 5.87. The quantitative estimate of drug-likeness (QED) is 0.310. The monoisotopic (exact) mass is 459 g/mol. The molecule has 7 N–H and O–H groups in total. The molecule has 0 amide bonds. The van der Waals surface area contributed by atoms with Gasteiger partial charge in [-0.05, 0) is 17.6 Å². The highest BCUT2D eigenvalue weighted by Crippen LogP contribution is 2.28. The fourth-order valence-electron chi connectivity index (χ4n) is 2.56. The average molecular weight is 460 g/mol. The number of nitrogens with zero attached hydrogens (tertiary/aromatic N) is 2. The molecule has 3 rings (SSSR count). The van der Waals surface area contributed by atoms with E-state index in [-0.39, 0.29) is 5.56 Å². The van der Waals surface area contributed by atoms with Gasteiger partial charge in [-0.1, -0.05) is 15.9 Å². The molecule has 0 spiro atoms. The lowest BCUT2D eigenvalue weighted by atomic mass is 10.1. The van der Waals surface area contributed by atoms with Crippen LogP contribution in [0.1, 0.15) is 17.5 Å². The summed E-state index contributed by atoms with van der Waals surface area (Å²) in [6.45, 7) is 0.172.